The molecule has 1 saturated heterocycles. The van der Waals surface area contributed by atoms with Crippen molar-refractivity contribution in [3.63, 3.8) is 0 Å². The van der Waals surface area contributed by atoms with Crippen LogP contribution in [-0.2, 0) is 4.74 Å². The number of pyridine rings is 1. The third-order valence-electron chi connectivity index (χ3n) is 3.33. The Morgan fingerprint density at radius 1 is 1.70 bits per heavy atom. The molecule has 0 aliphatic carbocycles. The molecule has 0 aromatic carbocycles. The minimum atomic E-state index is -0.667. The van der Waals surface area contributed by atoms with Crippen molar-refractivity contribution in [1.29, 1.82) is 0 Å². The third-order valence-corrected chi connectivity index (χ3v) is 3.33. The Bertz CT molecular complexity index is 498. The van der Waals surface area contributed by atoms with E-state index in [-0.39, 0.29) is 30.6 Å². The smallest absolute Gasteiger partial charge is 0.257 e. The van der Waals surface area contributed by atoms with E-state index in [1.165, 1.54) is 17.2 Å². The molecular weight excluding hydrogens is 265 g/mol. The highest BCUT2D eigenvalue weighted by Crippen LogP contribution is 2.20. The number of aliphatic hydroxyl groups is 1. The average Bonchev–Trinajstić information content (AvgIpc) is 2.47. The van der Waals surface area contributed by atoms with Crippen molar-refractivity contribution < 1.29 is 19.0 Å². The van der Waals surface area contributed by atoms with E-state index < -0.39 is 17.8 Å². The molecule has 20 heavy (non-hydrogen) atoms. The number of amides is 1. The quantitative estimate of drug-likeness (QED) is 0.844. The molecule has 0 radical (unpaired) electrons. The summed E-state index contributed by atoms with van der Waals surface area (Å²) >= 11 is 0. The van der Waals surface area contributed by atoms with Crippen LogP contribution in [0.25, 0.3) is 0 Å². The molecule has 2 N–H and O–H groups in total. The minimum Gasteiger partial charge on any atom is -0.394 e. The van der Waals surface area contributed by atoms with E-state index >= 15 is 0 Å². The van der Waals surface area contributed by atoms with Gasteiger partial charge in [-0.1, -0.05) is 0 Å². The fourth-order valence-electron chi connectivity index (χ4n) is 2.15. The Kier molecular flexibility index (Phi) is 4.51. The van der Waals surface area contributed by atoms with Crippen LogP contribution in [0.4, 0.5) is 10.2 Å². The van der Waals surface area contributed by atoms with Gasteiger partial charge in [-0.3, -0.25) is 4.79 Å². The first-order valence-electron chi connectivity index (χ1n) is 6.44. The molecule has 1 aromatic rings. The van der Waals surface area contributed by atoms with Crippen molar-refractivity contribution in [2.24, 2.45) is 0 Å². The summed E-state index contributed by atoms with van der Waals surface area (Å²) in [6.45, 7) is 2.22. The number of nitrogens with zero attached hydrogens (tertiary/aromatic N) is 2. The van der Waals surface area contributed by atoms with Gasteiger partial charge < -0.3 is 20.1 Å². The molecule has 7 heteroatoms. The van der Waals surface area contributed by atoms with E-state index in [1.807, 2.05) is 6.92 Å². The number of hydrogen-bond acceptors (Lipinski definition) is 5. The zero-order chi connectivity index (χ0) is 14.7. The molecular formula is C13H18FN3O3. The van der Waals surface area contributed by atoms with Crippen LogP contribution in [0.2, 0.25) is 0 Å². The number of hydrogen-bond donors (Lipinski definition) is 2. The molecule has 0 spiro atoms. The molecule has 2 heterocycles. The molecule has 0 bridgehead atoms. The number of aromatic nitrogens is 1. The first-order chi connectivity index (χ1) is 9.58. The summed E-state index contributed by atoms with van der Waals surface area (Å²) in [4.78, 5) is 17.8. The number of anilines is 1. The van der Waals surface area contributed by atoms with Gasteiger partial charge >= 0.3 is 0 Å². The van der Waals surface area contributed by atoms with Crippen LogP contribution in [-0.4, -0.2) is 59.8 Å². The second-order valence-electron chi connectivity index (χ2n) is 4.72. The van der Waals surface area contributed by atoms with Crippen LogP contribution in [0.5, 0.6) is 0 Å². The van der Waals surface area contributed by atoms with Gasteiger partial charge in [-0.05, 0) is 13.0 Å². The highest BCUT2D eigenvalue weighted by atomic mass is 19.1. The predicted molar refractivity (Wildman–Crippen MR) is 71.1 cm³/mol. The molecule has 0 saturated carbocycles. The van der Waals surface area contributed by atoms with Crippen molar-refractivity contribution in [1.82, 2.24) is 9.88 Å². The minimum absolute atomic E-state index is 0.0326. The molecule has 1 aromatic heterocycles. The molecule has 1 aliphatic rings. The van der Waals surface area contributed by atoms with Crippen LogP contribution >= 0.6 is 0 Å². The van der Waals surface area contributed by atoms with Crippen LogP contribution < -0.4 is 5.32 Å². The normalized spacial score (nSPS) is 22.7. The summed E-state index contributed by atoms with van der Waals surface area (Å²) in [5.41, 5.74) is -0.0326. The lowest BCUT2D eigenvalue weighted by atomic mass is 10.1. The van der Waals surface area contributed by atoms with Gasteiger partial charge in [0.2, 0.25) is 0 Å². The lowest BCUT2D eigenvalue weighted by molar-refractivity contribution is -0.0668. The molecule has 110 valence electrons. The van der Waals surface area contributed by atoms with Crippen molar-refractivity contribution in [3.05, 3.63) is 23.6 Å². The number of halogens is 1. The molecule has 1 aliphatic heterocycles. The first-order valence-corrected chi connectivity index (χ1v) is 6.44. The zero-order valence-electron chi connectivity index (χ0n) is 11.5. The van der Waals surface area contributed by atoms with Gasteiger partial charge in [0.05, 0.1) is 30.9 Å². The van der Waals surface area contributed by atoms with Gasteiger partial charge in [-0.2, -0.15) is 0 Å². The number of ether oxygens (including phenoxy) is 1. The zero-order valence-corrected chi connectivity index (χ0v) is 11.5. The monoisotopic (exact) mass is 283 g/mol. The van der Waals surface area contributed by atoms with Crippen molar-refractivity contribution in [2.45, 2.75) is 19.1 Å². The van der Waals surface area contributed by atoms with E-state index in [9.17, 15) is 9.18 Å². The highest BCUT2D eigenvalue weighted by Gasteiger charge is 2.31. The number of carbonyl (C=O) groups excluding carboxylic acids is 1. The topological polar surface area (TPSA) is 74.7 Å². The van der Waals surface area contributed by atoms with Crippen LogP contribution in [0, 0.1) is 5.82 Å². The molecule has 2 unspecified atom stereocenters. The number of rotatable bonds is 3. The van der Waals surface area contributed by atoms with Gasteiger partial charge in [0.1, 0.15) is 0 Å². The molecule has 1 fully saturated rings. The summed E-state index contributed by atoms with van der Waals surface area (Å²) in [5, 5.41) is 11.7. The number of carbonyl (C=O) groups is 1. The lowest BCUT2D eigenvalue weighted by Gasteiger charge is -2.37. The standard InChI is InChI=1S/C13H18FN3O3/c1-8-7-20-9(6-18)5-17(8)13(19)10-3-4-16-12(15-2)11(10)14/h3-4,8-9,18H,5-7H2,1-2H3,(H,15,16). The van der Waals surface area contributed by atoms with Gasteiger partial charge in [0.15, 0.2) is 11.6 Å². The number of aliphatic hydroxyl groups excluding tert-OH is 1. The van der Waals surface area contributed by atoms with Gasteiger partial charge in [0, 0.05) is 19.8 Å². The maximum Gasteiger partial charge on any atom is 0.257 e. The number of nitrogens with one attached hydrogen (secondary N) is 1. The summed E-state index contributed by atoms with van der Waals surface area (Å²) in [7, 11) is 1.54. The highest BCUT2D eigenvalue weighted by molar-refractivity contribution is 5.95. The van der Waals surface area contributed by atoms with Gasteiger partial charge in [-0.25, -0.2) is 9.37 Å². The van der Waals surface area contributed by atoms with Gasteiger partial charge in [-0.15, -0.1) is 0 Å². The van der Waals surface area contributed by atoms with E-state index in [2.05, 4.69) is 10.3 Å². The molecule has 2 atom stereocenters. The van der Waals surface area contributed by atoms with E-state index in [4.69, 9.17) is 9.84 Å². The molecule has 2 rings (SSSR count). The second kappa shape index (κ2) is 6.15. The van der Waals surface area contributed by atoms with E-state index in [1.54, 1.807) is 7.05 Å². The maximum atomic E-state index is 14.1. The van der Waals surface area contributed by atoms with E-state index in [0.29, 0.717) is 6.61 Å². The van der Waals surface area contributed by atoms with Crippen molar-refractivity contribution in [2.75, 3.05) is 32.1 Å². The molecule has 1 amide bonds. The third kappa shape index (κ3) is 2.73. The summed E-state index contributed by atoms with van der Waals surface area (Å²) < 4.78 is 19.5. The van der Waals surface area contributed by atoms with Crippen LogP contribution in [0.1, 0.15) is 17.3 Å². The predicted octanol–water partition coefficient (Wildman–Crippen LogP) is 0.484. The maximum absolute atomic E-state index is 14.1. The average molecular weight is 283 g/mol. The summed E-state index contributed by atoms with van der Waals surface area (Å²) in [6, 6.07) is 1.19. The SMILES string of the molecule is CNc1nccc(C(=O)N2CC(CO)OCC2C)c1F. The van der Waals surface area contributed by atoms with Crippen LogP contribution in [0.3, 0.4) is 0 Å². The largest absolute Gasteiger partial charge is 0.394 e. The fraction of sp³-hybridized carbons (Fsp3) is 0.538. The van der Waals surface area contributed by atoms with Gasteiger partial charge in [0.25, 0.3) is 5.91 Å². The Balaban J connectivity index is 2.26. The Hall–Kier alpha value is -1.73. The van der Waals surface area contributed by atoms with Crippen molar-refractivity contribution >= 4 is 11.7 Å². The second-order valence-corrected chi connectivity index (χ2v) is 4.72. The van der Waals surface area contributed by atoms with Crippen molar-refractivity contribution in [3.8, 4) is 0 Å². The fourth-order valence-corrected chi connectivity index (χ4v) is 2.15. The number of morpholine rings is 1. The Labute approximate surface area is 116 Å². The van der Waals surface area contributed by atoms with E-state index in [0.717, 1.165) is 0 Å². The lowest BCUT2D eigenvalue weighted by Crippen LogP contribution is -2.52. The Morgan fingerprint density at radius 2 is 2.45 bits per heavy atom. The summed E-state index contributed by atoms with van der Waals surface area (Å²) in [6.07, 6.45) is 0.959. The van der Waals surface area contributed by atoms with Crippen LogP contribution in [0.15, 0.2) is 12.3 Å². The summed E-state index contributed by atoms with van der Waals surface area (Å²) in [5.74, 6) is -1.05. The Morgan fingerprint density at radius 3 is 3.10 bits per heavy atom. The first kappa shape index (κ1) is 14.7. The molecule has 6 nitrogen and oxygen atoms in total.